The van der Waals surface area contributed by atoms with Crippen LogP contribution < -0.4 is 15.4 Å². The molecule has 4 rings (SSSR count). The third-order valence-corrected chi connectivity index (χ3v) is 4.19. The zero-order chi connectivity index (χ0) is 20.1. The number of nitrogens with one attached hydrogen (secondary N) is 2. The second-order valence-electron chi connectivity index (χ2n) is 6.47. The van der Waals surface area contributed by atoms with Crippen LogP contribution in [0.25, 0.3) is 11.0 Å². The number of ether oxygens (including phenoxy) is 1. The lowest BCUT2D eigenvalue weighted by Gasteiger charge is -2.14. The zero-order valence-corrected chi connectivity index (χ0v) is 15.8. The minimum absolute atomic E-state index is 0.351. The van der Waals surface area contributed by atoms with Gasteiger partial charge in [0.2, 0.25) is 0 Å². The zero-order valence-electron chi connectivity index (χ0n) is 15.8. The molecule has 2 amide bonds. The smallest absolute Gasteiger partial charge is 0.325 e. The molecule has 2 aromatic heterocycles. The van der Waals surface area contributed by atoms with Crippen molar-refractivity contribution >= 4 is 28.6 Å². The Labute approximate surface area is 167 Å². The van der Waals surface area contributed by atoms with Gasteiger partial charge in [0.05, 0.1) is 22.9 Å². The van der Waals surface area contributed by atoms with Crippen molar-refractivity contribution in [1.82, 2.24) is 15.0 Å². The predicted molar refractivity (Wildman–Crippen MR) is 112 cm³/mol. The molecular weight excluding hydrogens is 366 g/mol. The maximum atomic E-state index is 12.5. The molecule has 0 fully saturated rings. The molecular formula is C22H19N5O2. The number of aromatic nitrogens is 3. The van der Waals surface area contributed by atoms with Crippen LogP contribution in [0.1, 0.15) is 11.1 Å². The maximum Gasteiger partial charge on any atom is 0.325 e. The van der Waals surface area contributed by atoms with Gasteiger partial charge in [0.25, 0.3) is 0 Å². The Hall–Kier alpha value is -4.00. The normalized spacial score (nSPS) is 10.5. The molecule has 0 aliphatic carbocycles. The molecule has 0 radical (unpaired) electrons. The van der Waals surface area contributed by atoms with Gasteiger partial charge in [-0.25, -0.2) is 9.78 Å². The summed E-state index contributed by atoms with van der Waals surface area (Å²) in [5.74, 6) is 0.936. The standard InChI is InChI=1S/C22H19N5O2/c1-15-8-9-20(29-14-16-5-4-10-23-12-16)19(11-15)26-22(28)27-21-13-24-17-6-2-3-7-18(17)25-21/h2-13H,14H2,1H3,(H2,25,26,27,28). The first-order valence-corrected chi connectivity index (χ1v) is 9.09. The van der Waals surface area contributed by atoms with Crippen molar-refractivity contribution in [3.05, 3.63) is 84.3 Å². The highest BCUT2D eigenvalue weighted by atomic mass is 16.5. The molecule has 2 N–H and O–H groups in total. The quantitative estimate of drug-likeness (QED) is 0.526. The number of carbonyl (C=O) groups excluding carboxylic acids is 1. The molecule has 29 heavy (non-hydrogen) atoms. The summed E-state index contributed by atoms with van der Waals surface area (Å²) >= 11 is 0. The van der Waals surface area contributed by atoms with Gasteiger partial charge in [-0.2, -0.15) is 0 Å². The fourth-order valence-corrected chi connectivity index (χ4v) is 2.80. The number of aryl methyl sites for hydroxylation is 1. The summed E-state index contributed by atoms with van der Waals surface area (Å²) in [5.41, 5.74) is 3.99. The van der Waals surface area contributed by atoms with E-state index < -0.39 is 6.03 Å². The Balaban J connectivity index is 1.47. The second kappa shape index (κ2) is 8.35. The molecule has 0 spiro atoms. The van der Waals surface area contributed by atoms with Crippen LogP contribution >= 0.6 is 0 Å². The molecule has 7 heteroatoms. The number of para-hydroxylation sites is 2. The highest BCUT2D eigenvalue weighted by Crippen LogP contribution is 2.27. The minimum atomic E-state index is -0.425. The van der Waals surface area contributed by atoms with Gasteiger partial charge in [0.15, 0.2) is 5.82 Å². The van der Waals surface area contributed by atoms with Crippen LogP contribution in [0.15, 0.2) is 73.2 Å². The molecule has 0 bridgehead atoms. The minimum Gasteiger partial charge on any atom is -0.487 e. The topological polar surface area (TPSA) is 89.0 Å². The molecule has 2 heterocycles. The summed E-state index contributed by atoms with van der Waals surface area (Å²) < 4.78 is 5.88. The molecule has 144 valence electrons. The van der Waals surface area contributed by atoms with Crippen molar-refractivity contribution in [1.29, 1.82) is 0 Å². The van der Waals surface area contributed by atoms with Crippen molar-refractivity contribution in [3.8, 4) is 5.75 Å². The molecule has 2 aromatic carbocycles. The maximum absolute atomic E-state index is 12.5. The van der Waals surface area contributed by atoms with Crippen molar-refractivity contribution in [2.24, 2.45) is 0 Å². The van der Waals surface area contributed by atoms with Gasteiger partial charge >= 0.3 is 6.03 Å². The van der Waals surface area contributed by atoms with Crippen molar-refractivity contribution in [3.63, 3.8) is 0 Å². The molecule has 0 atom stereocenters. The average Bonchev–Trinajstić information content (AvgIpc) is 2.74. The second-order valence-corrected chi connectivity index (χ2v) is 6.47. The van der Waals surface area contributed by atoms with E-state index in [1.54, 1.807) is 12.4 Å². The van der Waals surface area contributed by atoms with Crippen molar-refractivity contribution < 1.29 is 9.53 Å². The molecule has 7 nitrogen and oxygen atoms in total. The van der Waals surface area contributed by atoms with E-state index in [-0.39, 0.29) is 0 Å². The Bertz CT molecular complexity index is 1150. The number of urea groups is 1. The first kappa shape index (κ1) is 18.4. The summed E-state index contributed by atoms with van der Waals surface area (Å²) in [6.45, 7) is 2.30. The van der Waals surface area contributed by atoms with Crippen molar-refractivity contribution in [2.75, 3.05) is 10.6 Å². The molecule has 0 saturated heterocycles. The van der Waals surface area contributed by atoms with Gasteiger partial charge in [-0.3, -0.25) is 15.3 Å². The van der Waals surface area contributed by atoms with E-state index in [9.17, 15) is 4.79 Å². The summed E-state index contributed by atoms with van der Waals surface area (Å²) in [6, 6.07) is 16.4. The molecule has 0 aliphatic heterocycles. The van der Waals surface area contributed by atoms with E-state index in [0.717, 1.165) is 16.6 Å². The predicted octanol–water partition coefficient (Wildman–Crippen LogP) is 4.56. The van der Waals surface area contributed by atoms with Crippen LogP contribution in [0.5, 0.6) is 5.75 Å². The first-order valence-electron chi connectivity index (χ1n) is 9.09. The molecule has 0 aliphatic rings. The lowest BCUT2D eigenvalue weighted by molar-refractivity contribution is 0.261. The van der Waals surface area contributed by atoms with Crippen LogP contribution in [0.2, 0.25) is 0 Å². The Morgan fingerprint density at radius 2 is 1.86 bits per heavy atom. The number of pyridine rings is 1. The Kier molecular flexibility index (Phi) is 5.29. The Morgan fingerprint density at radius 1 is 1.00 bits per heavy atom. The lowest BCUT2D eigenvalue weighted by atomic mass is 10.2. The number of amides is 2. The van der Waals surface area contributed by atoms with Gasteiger partial charge in [-0.15, -0.1) is 0 Å². The van der Waals surface area contributed by atoms with E-state index >= 15 is 0 Å². The van der Waals surface area contributed by atoms with Crippen LogP contribution in [0.3, 0.4) is 0 Å². The number of carbonyl (C=O) groups is 1. The summed E-state index contributed by atoms with van der Waals surface area (Å²) in [4.78, 5) is 25.3. The van der Waals surface area contributed by atoms with Gasteiger partial charge in [0, 0.05) is 18.0 Å². The molecule has 0 unspecified atom stereocenters. The highest BCUT2D eigenvalue weighted by molar-refractivity contribution is 6.00. The number of nitrogens with zero attached hydrogens (tertiary/aromatic N) is 3. The van der Waals surface area contributed by atoms with Gasteiger partial charge < -0.3 is 10.1 Å². The van der Waals surface area contributed by atoms with E-state index in [2.05, 4.69) is 25.6 Å². The molecule has 4 aromatic rings. The van der Waals surface area contributed by atoms with Gasteiger partial charge in [0.1, 0.15) is 12.4 Å². The number of rotatable bonds is 5. The average molecular weight is 385 g/mol. The van der Waals surface area contributed by atoms with Crippen LogP contribution in [-0.4, -0.2) is 21.0 Å². The summed E-state index contributed by atoms with van der Waals surface area (Å²) in [7, 11) is 0. The van der Waals surface area contributed by atoms with E-state index in [0.29, 0.717) is 29.4 Å². The third-order valence-electron chi connectivity index (χ3n) is 4.19. The van der Waals surface area contributed by atoms with Crippen LogP contribution in [-0.2, 0) is 6.61 Å². The molecule has 0 saturated carbocycles. The number of benzene rings is 2. The van der Waals surface area contributed by atoms with E-state index in [1.807, 2.05) is 61.5 Å². The fraction of sp³-hybridized carbons (Fsp3) is 0.0909. The SMILES string of the molecule is Cc1ccc(OCc2cccnc2)c(NC(=O)Nc2cnc3ccccc3n2)c1. The number of hydrogen-bond donors (Lipinski definition) is 2. The van der Waals surface area contributed by atoms with Gasteiger partial charge in [-0.1, -0.05) is 24.3 Å². The van der Waals surface area contributed by atoms with E-state index in [1.165, 1.54) is 6.20 Å². The number of hydrogen-bond acceptors (Lipinski definition) is 5. The number of anilines is 2. The van der Waals surface area contributed by atoms with Crippen LogP contribution in [0.4, 0.5) is 16.3 Å². The highest BCUT2D eigenvalue weighted by Gasteiger charge is 2.10. The third kappa shape index (κ3) is 4.65. The van der Waals surface area contributed by atoms with E-state index in [4.69, 9.17) is 4.74 Å². The monoisotopic (exact) mass is 385 g/mol. The Morgan fingerprint density at radius 3 is 2.69 bits per heavy atom. The van der Waals surface area contributed by atoms with Gasteiger partial charge in [-0.05, 0) is 42.8 Å². The fourth-order valence-electron chi connectivity index (χ4n) is 2.80. The summed E-state index contributed by atoms with van der Waals surface area (Å²) in [5, 5.41) is 5.54. The summed E-state index contributed by atoms with van der Waals surface area (Å²) in [6.07, 6.45) is 4.98. The first-order chi connectivity index (χ1) is 14.2. The lowest BCUT2D eigenvalue weighted by Crippen LogP contribution is -2.20. The van der Waals surface area contributed by atoms with Crippen LogP contribution in [0, 0.1) is 6.92 Å². The largest absolute Gasteiger partial charge is 0.487 e. The van der Waals surface area contributed by atoms with Crippen molar-refractivity contribution in [2.45, 2.75) is 13.5 Å². The number of fused-ring (bicyclic) bond motifs is 1.